The molecule has 1 saturated carbocycles. The van der Waals surface area contributed by atoms with Crippen molar-refractivity contribution in [2.75, 3.05) is 5.32 Å². The standard InChI is InChI=1S/C28H27BrN8O3/c1-14-5-6-23(29)33-26(14)34-27(40)20-8-28(4)9-22(28)37(20)24(39)13-36-21-12-32-19(17-10-30-16(3)31-11-17)7-18(21)25(35-36)15(2)38/h5-7,10-12,20,22H,8-9,13H2,1-4H3,(H,33,34,40)/t20-,22?,28-/m0/s1. The minimum atomic E-state index is -0.628. The number of carbonyl (C=O) groups excluding carboxylic acids is 3. The van der Waals surface area contributed by atoms with Crippen LogP contribution < -0.4 is 5.32 Å². The summed E-state index contributed by atoms with van der Waals surface area (Å²) in [7, 11) is 0. The summed E-state index contributed by atoms with van der Waals surface area (Å²) < 4.78 is 2.12. The first kappa shape index (κ1) is 26.2. The van der Waals surface area contributed by atoms with Crippen LogP contribution in [0.5, 0.6) is 0 Å². The largest absolute Gasteiger partial charge is 0.325 e. The number of aromatic nitrogens is 6. The summed E-state index contributed by atoms with van der Waals surface area (Å²) in [4.78, 5) is 58.7. The normalized spacial score (nSPS) is 21.4. The molecule has 1 aliphatic heterocycles. The van der Waals surface area contributed by atoms with Crippen LogP contribution in [0, 0.1) is 19.3 Å². The predicted octanol–water partition coefficient (Wildman–Crippen LogP) is 3.88. The van der Waals surface area contributed by atoms with Crippen molar-refractivity contribution in [1.29, 1.82) is 0 Å². The molecule has 4 aromatic rings. The highest BCUT2D eigenvalue weighted by Gasteiger charge is 2.64. The third kappa shape index (κ3) is 4.55. The predicted molar refractivity (Wildman–Crippen MR) is 150 cm³/mol. The molecule has 40 heavy (non-hydrogen) atoms. The molecule has 0 radical (unpaired) electrons. The zero-order chi connectivity index (χ0) is 28.3. The smallest absolute Gasteiger partial charge is 0.248 e. The van der Waals surface area contributed by atoms with E-state index in [0.29, 0.717) is 44.8 Å². The van der Waals surface area contributed by atoms with Gasteiger partial charge in [-0.25, -0.2) is 15.0 Å². The van der Waals surface area contributed by atoms with E-state index in [0.717, 1.165) is 12.0 Å². The lowest BCUT2D eigenvalue weighted by atomic mass is 10.0. The summed E-state index contributed by atoms with van der Waals surface area (Å²) in [6.45, 7) is 7.09. The van der Waals surface area contributed by atoms with E-state index in [-0.39, 0.29) is 41.3 Å². The molecule has 3 atom stereocenters. The number of likely N-dealkylation sites (tertiary alicyclic amines) is 1. The molecule has 204 valence electrons. The average Bonchev–Trinajstić information content (AvgIpc) is 3.28. The topological polar surface area (TPSA) is 136 Å². The lowest BCUT2D eigenvalue weighted by Gasteiger charge is -2.27. The van der Waals surface area contributed by atoms with Gasteiger partial charge in [0, 0.05) is 36.3 Å². The Morgan fingerprint density at radius 2 is 1.85 bits per heavy atom. The average molecular weight is 603 g/mol. The van der Waals surface area contributed by atoms with Gasteiger partial charge in [-0.15, -0.1) is 0 Å². The molecular formula is C28H27BrN8O3. The van der Waals surface area contributed by atoms with Crippen molar-refractivity contribution < 1.29 is 14.4 Å². The third-order valence-corrected chi connectivity index (χ3v) is 8.30. The molecule has 2 amide bonds. The number of nitrogens with one attached hydrogen (secondary N) is 1. The maximum absolute atomic E-state index is 13.8. The van der Waals surface area contributed by atoms with Gasteiger partial charge >= 0.3 is 0 Å². The van der Waals surface area contributed by atoms with E-state index in [1.165, 1.54) is 11.6 Å². The molecule has 5 heterocycles. The number of rotatable bonds is 6. The number of amides is 2. The van der Waals surface area contributed by atoms with Gasteiger partial charge in [-0.2, -0.15) is 5.10 Å². The summed E-state index contributed by atoms with van der Waals surface area (Å²) >= 11 is 3.35. The van der Waals surface area contributed by atoms with Crippen LogP contribution in [0.25, 0.3) is 22.2 Å². The van der Waals surface area contributed by atoms with Crippen LogP contribution in [-0.2, 0) is 16.1 Å². The Bertz CT molecular complexity index is 1700. The van der Waals surface area contributed by atoms with E-state index >= 15 is 0 Å². The SMILES string of the molecule is CC(=O)c1nn(CC(=O)N2C3C[C@]3(C)C[C@H]2C(=O)Nc2nc(Br)ccc2C)c2cnc(-c3cnc(C)nc3)cc12. The van der Waals surface area contributed by atoms with E-state index in [9.17, 15) is 14.4 Å². The maximum atomic E-state index is 13.8. The van der Waals surface area contributed by atoms with Gasteiger partial charge in [-0.1, -0.05) is 13.0 Å². The Labute approximate surface area is 238 Å². The second-order valence-corrected chi connectivity index (χ2v) is 11.7. The van der Waals surface area contributed by atoms with Crippen LogP contribution in [0.2, 0.25) is 0 Å². The first-order valence-corrected chi connectivity index (χ1v) is 13.7. The van der Waals surface area contributed by atoms with Crippen LogP contribution in [0.15, 0.2) is 41.4 Å². The number of hydrogen-bond donors (Lipinski definition) is 1. The number of nitrogens with zero attached hydrogens (tertiary/aromatic N) is 7. The van der Waals surface area contributed by atoms with Gasteiger partial charge in [0.15, 0.2) is 5.78 Å². The zero-order valence-corrected chi connectivity index (χ0v) is 24.1. The Balaban J connectivity index is 1.29. The fourth-order valence-electron chi connectivity index (χ4n) is 5.54. The molecule has 1 unspecified atom stereocenters. The molecule has 0 aromatic carbocycles. The van der Waals surface area contributed by atoms with Crippen molar-refractivity contribution in [3.63, 3.8) is 0 Å². The molecule has 1 saturated heterocycles. The summed E-state index contributed by atoms with van der Waals surface area (Å²) in [6.07, 6.45) is 6.37. The summed E-state index contributed by atoms with van der Waals surface area (Å²) in [5, 5.41) is 8.00. The second kappa shape index (κ2) is 9.54. The first-order chi connectivity index (χ1) is 19.0. The fraction of sp³-hybridized carbons (Fsp3) is 0.357. The van der Waals surface area contributed by atoms with E-state index in [1.807, 2.05) is 19.1 Å². The highest BCUT2D eigenvalue weighted by atomic mass is 79.9. The van der Waals surface area contributed by atoms with Crippen molar-refractivity contribution in [2.24, 2.45) is 5.41 Å². The van der Waals surface area contributed by atoms with Gasteiger partial charge in [-0.3, -0.25) is 24.0 Å². The Kier molecular flexibility index (Phi) is 6.25. The zero-order valence-electron chi connectivity index (χ0n) is 22.5. The molecule has 2 aliphatic rings. The number of piperidine rings is 1. The maximum Gasteiger partial charge on any atom is 0.248 e. The van der Waals surface area contributed by atoms with Crippen LogP contribution >= 0.6 is 15.9 Å². The molecule has 0 bridgehead atoms. The van der Waals surface area contributed by atoms with Crippen LogP contribution in [-0.4, -0.2) is 64.3 Å². The van der Waals surface area contributed by atoms with Crippen LogP contribution in [0.4, 0.5) is 5.82 Å². The number of Topliss-reactive ketones (excluding diaryl/α,β-unsaturated/α-hetero) is 1. The molecule has 1 N–H and O–H groups in total. The number of aryl methyl sites for hydroxylation is 2. The van der Waals surface area contributed by atoms with E-state index in [1.54, 1.807) is 36.5 Å². The highest BCUT2D eigenvalue weighted by molar-refractivity contribution is 9.10. The first-order valence-electron chi connectivity index (χ1n) is 13.0. The van der Waals surface area contributed by atoms with E-state index in [4.69, 9.17) is 0 Å². The molecule has 4 aromatic heterocycles. The minimum absolute atomic E-state index is 0.0207. The number of pyridine rings is 2. The van der Waals surface area contributed by atoms with Crippen LogP contribution in [0.1, 0.15) is 48.6 Å². The van der Waals surface area contributed by atoms with Gasteiger partial charge in [0.05, 0.1) is 17.4 Å². The number of carbonyl (C=O) groups is 3. The highest BCUT2D eigenvalue weighted by Crippen LogP contribution is 2.59. The number of halogens is 1. The molecule has 0 spiro atoms. The Morgan fingerprint density at radius 1 is 1.10 bits per heavy atom. The number of anilines is 1. The summed E-state index contributed by atoms with van der Waals surface area (Å²) in [5.74, 6) is 0.378. The molecule has 11 nitrogen and oxygen atoms in total. The Morgan fingerprint density at radius 3 is 2.58 bits per heavy atom. The minimum Gasteiger partial charge on any atom is -0.325 e. The van der Waals surface area contributed by atoms with Crippen molar-refractivity contribution >= 4 is 50.2 Å². The molecule has 12 heteroatoms. The lowest BCUT2D eigenvalue weighted by molar-refractivity contribution is -0.138. The number of ketones is 1. The van der Waals surface area contributed by atoms with E-state index in [2.05, 4.69) is 53.2 Å². The van der Waals surface area contributed by atoms with Crippen molar-refractivity contribution in [2.45, 2.75) is 59.2 Å². The summed E-state index contributed by atoms with van der Waals surface area (Å²) in [5.41, 5.74) is 2.85. The van der Waals surface area contributed by atoms with Gasteiger partial charge in [0.1, 0.15) is 34.5 Å². The van der Waals surface area contributed by atoms with Crippen molar-refractivity contribution in [3.05, 3.63) is 58.5 Å². The lowest BCUT2D eigenvalue weighted by Crippen LogP contribution is -2.47. The van der Waals surface area contributed by atoms with Crippen molar-refractivity contribution in [3.8, 4) is 11.3 Å². The molecule has 1 aliphatic carbocycles. The third-order valence-electron chi connectivity index (χ3n) is 7.86. The van der Waals surface area contributed by atoms with Crippen LogP contribution in [0.3, 0.4) is 0 Å². The van der Waals surface area contributed by atoms with Gasteiger partial charge in [-0.05, 0) is 65.7 Å². The fourth-order valence-corrected chi connectivity index (χ4v) is 5.85. The molecular weight excluding hydrogens is 576 g/mol. The molecule has 6 rings (SSSR count). The van der Waals surface area contributed by atoms with Crippen molar-refractivity contribution in [1.82, 2.24) is 34.6 Å². The second-order valence-electron chi connectivity index (χ2n) is 10.9. The van der Waals surface area contributed by atoms with Gasteiger partial charge in [0.25, 0.3) is 0 Å². The molecule has 2 fully saturated rings. The van der Waals surface area contributed by atoms with Gasteiger partial charge < -0.3 is 10.2 Å². The number of fused-ring (bicyclic) bond motifs is 2. The Hall–Kier alpha value is -4.06. The van der Waals surface area contributed by atoms with Gasteiger partial charge in [0.2, 0.25) is 11.8 Å². The quantitative estimate of drug-likeness (QED) is 0.259. The number of hydrogen-bond acceptors (Lipinski definition) is 8. The monoisotopic (exact) mass is 602 g/mol. The summed E-state index contributed by atoms with van der Waals surface area (Å²) in [6, 6.07) is 4.79. The van der Waals surface area contributed by atoms with E-state index < -0.39 is 6.04 Å².